The van der Waals surface area contributed by atoms with Crippen molar-refractivity contribution in [2.45, 2.75) is 26.4 Å². The van der Waals surface area contributed by atoms with Crippen molar-refractivity contribution in [1.29, 1.82) is 0 Å². The van der Waals surface area contributed by atoms with E-state index in [1.165, 1.54) is 16.8 Å². The summed E-state index contributed by atoms with van der Waals surface area (Å²) in [6.07, 6.45) is 1.89. The highest BCUT2D eigenvalue weighted by Crippen LogP contribution is 2.18. The molecule has 2 rings (SSSR count). The molecule has 0 fully saturated rings. The molecule has 0 radical (unpaired) electrons. The standard InChI is InChI=1S/C16H21N3O3S/c1-12-5-6-14(23-12)11-19(10-13-4-3-9-22-13)8-7-15(20)18-16(21)17-2/h3-6,9H,7-8,10-11H2,1-2H3,(H2,17,18,20,21). The molecule has 2 heterocycles. The predicted octanol–water partition coefficient (Wildman–Crippen LogP) is 2.50. The van der Waals surface area contributed by atoms with E-state index in [9.17, 15) is 9.59 Å². The van der Waals surface area contributed by atoms with Crippen molar-refractivity contribution in [2.75, 3.05) is 13.6 Å². The summed E-state index contributed by atoms with van der Waals surface area (Å²) in [7, 11) is 1.48. The Hall–Kier alpha value is -2.12. The number of urea groups is 1. The smallest absolute Gasteiger partial charge is 0.321 e. The maximum Gasteiger partial charge on any atom is 0.321 e. The van der Waals surface area contributed by atoms with Crippen LogP contribution >= 0.6 is 11.3 Å². The number of furan rings is 1. The number of thiophene rings is 1. The van der Waals surface area contributed by atoms with Gasteiger partial charge in [-0.3, -0.25) is 15.0 Å². The largest absolute Gasteiger partial charge is 0.468 e. The van der Waals surface area contributed by atoms with Crippen LogP contribution in [0.1, 0.15) is 21.9 Å². The second kappa shape index (κ2) is 8.50. The van der Waals surface area contributed by atoms with Gasteiger partial charge in [-0.05, 0) is 31.2 Å². The van der Waals surface area contributed by atoms with E-state index in [-0.39, 0.29) is 12.3 Å². The van der Waals surface area contributed by atoms with Crippen LogP contribution < -0.4 is 10.6 Å². The normalized spacial score (nSPS) is 10.7. The van der Waals surface area contributed by atoms with Gasteiger partial charge < -0.3 is 9.73 Å². The minimum atomic E-state index is -0.485. The Kier molecular flexibility index (Phi) is 6.37. The molecule has 2 N–H and O–H groups in total. The Bertz CT molecular complexity index is 637. The minimum absolute atomic E-state index is 0.248. The highest BCUT2D eigenvalue weighted by molar-refractivity contribution is 7.11. The maximum absolute atomic E-state index is 11.8. The zero-order chi connectivity index (χ0) is 16.7. The second-order valence-corrected chi connectivity index (χ2v) is 6.55. The van der Waals surface area contributed by atoms with Crippen LogP contribution in [-0.2, 0) is 17.9 Å². The lowest BCUT2D eigenvalue weighted by Gasteiger charge is -2.20. The molecule has 0 saturated heterocycles. The van der Waals surface area contributed by atoms with Crippen molar-refractivity contribution in [1.82, 2.24) is 15.5 Å². The summed E-state index contributed by atoms with van der Waals surface area (Å²) in [5, 5.41) is 4.64. The fraction of sp³-hybridized carbons (Fsp3) is 0.375. The van der Waals surface area contributed by atoms with Crippen molar-refractivity contribution in [3.8, 4) is 0 Å². The summed E-state index contributed by atoms with van der Waals surface area (Å²) in [5.74, 6) is 0.557. The topological polar surface area (TPSA) is 74.6 Å². The molecule has 0 spiro atoms. The van der Waals surface area contributed by atoms with Crippen LogP contribution in [0, 0.1) is 6.92 Å². The first-order valence-electron chi connectivity index (χ1n) is 7.38. The van der Waals surface area contributed by atoms with Gasteiger partial charge in [0.15, 0.2) is 0 Å². The maximum atomic E-state index is 11.8. The third kappa shape index (κ3) is 5.88. The molecule has 0 bridgehead atoms. The van der Waals surface area contributed by atoms with Gasteiger partial charge in [-0.25, -0.2) is 4.79 Å². The molecule has 0 aliphatic heterocycles. The lowest BCUT2D eigenvalue weighted by molar-refractivity contribution is -0.120. The van der Waals surface area contributed by atoms with Crippen molar-refractivity contribution in [2.24, 2.45) is 0 Å². The van der Waals surface area contributed by atoms with Crippen LogP contribution in [-0.4, -0.2) is 30.4 Å². The van der Waals surface area contributed by atoms with Gasteiger partial charge in [0.25, 0.3) is 0 Å². The van der Waals surface area contributed by atoms with Gasteiger partial charge >= 0.3 is 6.03 Å². The summed E-state index contributed by atoms with van der Waals surface area (Å²) in [6, 6.07) is 7.46. The number of nitrogens with zero attached hydrogens (tertiary/aromatic N) is 1. The van der Waals surface area contributed by atoms with E-state index in [4.69, 9.17) is 4.42 Å². The number of aryl methyl sites for hydroxylation is 1. The molecule has 0 aliphatic rings. The number of nitrogens with one attached hydrogen (secondary N) is 2. The third-order valence-electron chi connectivity index (χ3n) is 3.27. The number of imide groups is 1. The molecule has 0 unspecified atom stereocenters. The molecule has 7 heteroatoms. The summed E-state index contributed by atoms with van der Waals surface area (Å²) >= 11 is 1.74. The van der Waals surface area contributed by atoms with Crippen molar-refractivity contribution in [3.63, 3.8) is 0 Å². The quantitative estimate of drug-likeness (QED) is 0.815. The highest BCUT2D eigenvalue weighted by atomic mass is 32.1. The Labute approximate surface area is 139 Å². The second-order valence-electron chi connectivity index (χ2n) is 5.18. The Morgan fingerprint density at radius 1 is 1.26 bits per heavy atom. The molecule has 6 nitrogen and oxygen atoms in total. The van der Waals surface area contributed by atoms with E-state index in [0.29, 0.717) is 13.1 Å². The first kappa shape index (κ1) is 17.2. The van der Waals surface area contributed by atoms with Crippen molar-refractivity contribution in [3.05, 3.63) is 46.0 Å². The lowest BCUT2D eigenvalue weighted by Crippen LogP contribution is -2.39. The minimum Gasteiger partial charge on any atom is -0.468 e. The van der Waals surface area contributed by atoms with E-state index >= 15 is 0 Å². The Morgan fingerprint density at radius 2 is 2.09 bits per heavy atom. The fourth-order valence-electron chi connectivity index (χ4n) is 2.14. The van der Waals surface area contributed by atoms with Gasteiger partial charge in [-0.1, -0.05) is 0 Å². The van der Waals surface area contributed by atoms with E-state index in [0.717, 1.165) is 12.3 Å². The summed E-state index contributed by atoms with van der Waals surface area (Å²) in [5.41, 5.74) is 0. The molecule has 0 aromatic carbocycles. The van der Waals surface area contributed by atoms with Crippen LogP contribution in [0.25, 0.3) is 0 Å². The van der Waals surface area contributed by atoms with Crippen LogP contribution in [0.3, 0.4) is 0 Å². The Balaban J connectivity index is 1.92. The number of carbonyl (C=O) groups is 2. The molecule has 0 aliphatic carbocycles. The van der Waals surface area contributed by atoms with Gasteiger partial charge in [0.05, 0.1) is 12.8 Å². The monoisotopic (exact) mass is 335 g/mol. The predicted molar refractivity (Wildman–Crippen MR) is 89.1 cm³/mol. The number of hydrogen-bond donors (Lipinski definition) is 2. The first-order chi connectivity index (χ1) is 11.1. The lowest BCUT2D eigenvalue weighted by atomic mass is 10.3. The summed E-state index contributed by atoms with van der Waals surface area (Å²) < 4.78 is 5.39. The van der Waals surface area contributed by atoms with E-state index in [2.05, 4.69) is 34.6 Å². The van der Waals surface area contributed by atoms with Gasteiger partial charge in [0, 0.05) is 36.3 Å². The van der Waals surface area contributed by atoms with Gasteiger partial charge in [-0.2, -0.15) is 0 Å². The van der Waals surface area contributed by atoms with Crippen LogP contribution in [0.2, 0.25) is 0 Å². The zero-order valence-corrected chi connectivity index (χ0v) is 14.1. The summed E-state index contributed by atoms with van der Waals surface area (Å²) in [4.78, 5) is 27.5. The van der Waals surface area contributed by atoms with Crippen LogP contribution in [0.5, 0.6) is 0 Å². The third-order valence-corrected chi connectivity index (χ3v) is 4.26. The highest BCUT2D eigenvalue weighted by Gasteiger charge is 2.13. The van der Waals surface area contributed by atoms with E-state index in [1.54, 1.807) is 17.6 Å². The average Bonchev–Trinajstić information content (AvgIpc) is 3.16. The molecular weight excluding hydrogens is 314 g/mol. The molecular formula is C16H21N3O3S. The van der Waals surface area contributed by atoms with Crippen molar-refractivity contribution >= 4 is 23.3 Å². The number of hydrogen-bond acceptors (Lipinski definition) is 5. The summed E-state index contributed by atoms with van der Waals surface area (Å²) in [6.45, 7) is 3.98. The molecule has 2 aromatic rings. The number of rotatable bonds is 7. The fourth-order valence-corrected chi connectivity index (χ4v) is 3.07. The molecule has 2 aromatic heterocycles. The van der Waals surface area contributed by atoms with Gasteiger partial charge in [0.2, 0.25) is 5.91 Å². The molecule has 0 saturated carbocycles. The van der Waals surface area contributed by atoms with E-state index < -0.39 is 6.03 Å². The molecule has 23 heavy (non-hydrogen) atoms. The average molecular weight is 335 g/mol. The van der Waals surface area contributed by atoms with Crippen molar-refractivity contribution < 1.29 is 14.0 Å². The Morgan fingerprint density at radius 3 is 2.70 bits per heavy atom. The number of carbonyl (C=O) groups excluding carboxylic acids is 2. The number of amides is 3. The van der Waals surface area contributed by atoms with Crippen LogP contribution in [0.15, 0.2) is 34.9 Å². The zero-order valence-electron chi connectivity index (χ0n) is 13.3. The van der Waals surface area contributed by atoms with Crippen LogP contribution in [0.4, 0.5) is 4.79 Å². The van der Waals surface area contributed by atoms with E-state index in [1.807, 2.05) is 12.1 Å². The molecule has 3 amide bonds. The first-order valence-corrected chi connectivity index (χ1v) is 8.20. The SMILES string of the molecule is CNC(=O)NC(=O)CCN(Cc1ccco1)Cc1ccc(C)s1. The molecule has 0 atom stereocenters. The molecule has 124 valence electrons. The van der Waals surface area contributed by atoms with Gasteiger partial charge in [0.1, 0.15) is 5.76 Å². The van der Waals surface area contributed by atoms with Gasteiger partial charge in [-0.15, -0.1) is 11.3 Å².